The van der Waals surface area contributed by atoms with Crippen molar-refractivity contribution in [2.75, 3.05) is 13.1 Å². The third-order valence-electron chi connectivity index (χ3n) is 4.06. The molecule has 1 heterocycles. The van der Waals surface area contributed by atoms with E-state index in [4.69, 9.17) is 5.73 Å². The monoisotopic (exact) mass is 210 g/mol. The fourth-order valence-electron chi connectivity index (χ4n) is 3.33. The molecular formula is C12H22N2O. The van der Waals surface area contributed by atoms with Crippen molar-refractivity contribution in [2.24, 2.45) is 5.73 Å². The van der Waals surface area contributed by atoms with Crippen molar-refractivity contribution in [1.82, 2.24) is 4.90 Å². The summed E-state index contributed by atoms with van der Waals surface area (Å²) in [6, 6.07) is 0. The number of likely N-dealkylation sites (tertiary alicyclic amines) is 1. The van der Waals surface area contributed by atoms with Crippen LogP contribution >= 0.6 is 0 Å². The molecule has 0 bridgehead atoms. The number of carbonyl (C=O) groups excluding carboxylic acids is 1. The second kappa shape index (κ2) is 4.52. The molecule has 1 saturated heterocycles. The second-order valence-electron chi connectivity index (χ2n) is 5.12. The number of primary amides is 1. The molecule has 0 spiro atoms. The molecule has 0 unspecified atom stereocenters. The minimum Gasteiger partial charge on any atom is -0.370 e. The summed E-state index contributed by atoms with van der Waals surface area (Å²) >= 11 is 0. The van der Waals surface area contributed by atoms with Crippen LogP contribution in [0.3, 0.4) is 0 Å². The van der Waals surface area contributed by atoms with Gasteiger partial charge in [0.15, 0.2) is 0 Å². The molecule has 2 rings (SSSR count). The van der Waals surface area contributed by atoms with Crippen molar-refractivity contribution >= 4 is 5.91 Å². The molecule has 0 aromatic heterocycles. The normalized spacial score (nSPS) is 26.7. The minimum atomic E-state index is -0.123. The molecule has 0 aromatic carbocycles. The third-order valence-corrected chi connectivity index (χ3v) is 4.06. The van der Waals surface area contributed by atoms with E-state index in [1.165, 1.54) is 58.0 Å². The molecule has 2 aliphatic rings. The van der Waals surface area contributed by atoms with Crippen LogP contribution in [0.2, 0.25) is 0 Å². The first-order valence-electron chi connectivity index (χ1n) is 6.26. The summed E-state index contributed by atoms with van der Waals surface area (Å²) in [5.74, 6) is -0.123. The molecule has 0 atom stereocenters. The third kappa shape index (κ3) is 2.33. The number of nitrogens with zero attached hydrogens (tertiary/aromatic N) is 1. The highest BCUT2D eigenvalue weighted by atomic mass is 16.1. The number of hydrogen-bond donors (Lipinski definition) is 1. The first kappa shape index (κ1) is 10.9. The highest BCUT2D eigenvalue weighted by molar-refractivity contribution is 5.75. The summed E-state index contributed by atoms with van der Waals surface area (Å²) in [5, 5.41) is 0. The molecule has 3 nitrogen and oxygen atoms in total. The molecule has 1 amide bonds. The van der Waals surface area contributed by atoms with E-state index in [0.29, 0.717) is 6.42 Å². The predicted molar refractivity (Wildman–Crippen MR) is 60.4 cm³/mol. The fraction of sp³-hybridized carbons (Fsp3) is 0.917. The van der Waals surface area contributed by atoms with Crippen molar-refractivity contribution in [3.05, 3.63) is 0 Å². The predicted octanol–water partition coefficient (Wildman–Crippen LogP) is 1.66. The molecule has 0 radical (unpaired) electrons. The number of rotatable bonds is 3. The highest BCUT2D eigenvalue weighted by Gasteiger charge is 2.40. The van der Waals surface area contributed by atoms with Crippen LogP contribution in [0, 0.1) is 0 Å². The largest absolute Gasteiger partial charge is 0.370 e. The quantitative estimate of drug-likeness (QED) is 0.770. The van der Waals surface area contributed by atoms with Gasteiger partial charge in [0.25, 0.3) is 0 Å². The average Bonchev–Trinajstić information content (AvgIpc) is 2.68. The molecule has 1 aliphatic heterocycles. The molecule has 1 saturated carbocycles. The van der Waals surface area contributed by atoms with Crippen LogP contribution < -0.4 is 5.73 Å². The Hall–Kier alpha value is -0.570. The number of piperidine rings is 1. The van der Waals surface area contributed by atoms with E-state index in [0.717, 1.165) is 0 Å². The smallest absolute Gasteiger partial charge is 0.219 e. The van der Waals surface area contributed by atoms with E-state index in [1.807, 2.05) is 0 Å². The Labute approximate surface area is 92.0 Å². The summed E-state index contributed by atoms with van der Waals surface area (Å²) in [6.45, 7) is 2.35. The average molecular weight is 210 g/mol. The lowest BCUT2D eigenvalue weighted by molar-refractivity contribution is -0.121. The van der Waals surface area contributed by atoms with Gasteiger partial charge in [-0.05, 0) is 38.8 Å². The lowest BCUT2D eigenvalue weighted by Crippen LogP contribution is -2.51. The van der Waals surface area contributed by atoms with Crippen LogP contribution in [0.5, 0.6) is 0 Å². The Bertz CT molecular complexity index is 228. The Balaban J connectivity index is 2.06. The summed E-state index contributed by atoms with van der Waals surface area (Å²) in [7, 11) is 0. The minimum absolute atomic E-state index is 0.123. The van der Waals surface area contributed by atoms with Crippen molar-refractivity contribution in [2.45, 2.75) is 56.9 Å². The van der Waals surface area contributed by atoms with Gasteiger partial charge in [0.1, 0.15) is 0 Å². The van der Waals surface area contributed by atoms with E-state index in [2.05, 4.69) is 4.90 Å². The van der Waals surface area contributed by atoms with Crippen LogP contribution in [0.4, 0.5) is 0 Å². The fourth-order valence-corrected chi connectivity index (χ4v) is 3.33. The van der Waals surface area contributed by atoms with Crippen LogP contribution in [0.25, 0.3) is 0 Å². The van der Waals surface area contributed by atoms with E-state index in [9.17, 15) is 4.79 Å². The van der Waals surface area contributed by atoms with Crippen LogP contribution in [-0.2, 0) is 4.79 Å². The van der Waals surface area contributed by atoms with Crippen molar-refractivity contribution in [3.8, 4) is 0 Å². The summed E-state index contributed by atoms with van der Waals surface area (Å²) in [6.07, 6.45) is 9.40. The van der Waals surface area contributed by atoms with Gasteiger partial charge in [-0.2, -0.15) is 0 Å². The molecule has 3 heteroatoms. The maximum absolute atomic E-state index is 11.2. The molecular weight excluding hydrogens is 188 g/mol. The van der Waals surface area contributed by atoms with Crippen molar-refractivity contribution in [1.29, 1.82) is 0 Å². The van der Waals surface area contributed by atoms with Gasteiger partial charge in [0, 0.05) is 12.0 Å². The number of hydrogen-bond acceptors (Lipinski definition) is 2. The molecule has 0 aromatic rings. The zero-order chi connectivity index (χ0) is 10.7. The summed E-state index contributed by atoms with van der Waals surface area (Å²) in [4.78, 5) is 13.7. The molecule has 1 aliphatic carbocycles. The lowest BCUT2D eigenvalue weighted by atomic mass is 9.88. The molecule has 15 heavy (non-hydrogen) atoms. The number of carbonyl (C=O) groups is 1. The second-order valence-corrected chi connectivity index (χ2v) is 5.12. The van der Waals surface area contributed by atoms with Gasteiger partial charge in [-0.15, -0.1) is 0 Å². The van der Waals surface area contributed by atoms with E-state index < -0.39 is 0 Å². The molecule has 86 valence electrons. The van der Waals surface area contributed by atoms with E-state index >= 15 is 0 Å². The van der Waals surface area contributed by atoms with E-state index in [-0.39, 0.29) is 11.4 Å². The van der Waals surface area contributed by atoms with Crippen molar-refractivity contribution in [3.63, 3.8) is 0 Å². The zero-order valence-corrected chi connectivity index (χ0v) is 9.50. The van der Waals surface area contributed by atoms with Gasteiger partial charge in [0.05, 0.1) is 0 Å². The van der Waals surface area contributed by atoms with Gasteiger partial charge in [-0.25, -0.2) is 0 Å². The zero-order valence-electron chi connectivity index (χ0n) is 9.50. The van der Waals surface area contributed by atoms with Gasteiger partial charge < -0.3 is 5.73 Å². The van der Waals surface area contributed by atoms with E-state index in [1.54, 1.807) is 0 Å². The standard InChI is InChI=1S/C12H22N2O/c13-11(15)10-12(6-2-3-7-12)14-8-4-1-5-9-14/h1-10H2,(H2,13,15). The Morgan fingerprint density at radius 1 is 1.07 bits per heavy atom. The maximum Gasteiger partial charge on any atom is 0.219 e. The Morgan fingerprint density at radius 2 is 1.67 bits per heavy atom. The first-order valence-corrected chi connectivity index (χ1v) is 6.26. The summed E-state index contributed by atoms with van der Waals surface area (Å²) in [5.41, 5.74) is 5.54. The van der Waals surface area contributed by atoms with Gasteiger partial charge in [-0.1, -0.05) is 19.3 Å². The first-order chi connectivity index (χ1) is 7.23. The van der Waals surface area contributed by atoms with Crippen LogP contribution in [0.15, 0.2) is 0 Å². The maximum atomic E-state index is 11.2. The van der Waals surface area contributed by atoms with Gasteiger partial charge in [0.2, 0.25) is 5.91 Å². The Kier molecular flexibility index (Phi) is 3.29. The van der Waals surface area contributed by atoms with Gasteiger partial charge in [-0.3, -0.25) is 9.69 Å². The topological polar surface area (TPSA) is 46.3 Å². The SMILES string of the molecule is NC(=O)CC1(N2CCCCC2)CCCC1. The lowest BCUT2D eigenvalue weighted by Gasteiger charge is -2.43. The number of nitrogens with two attached hydrogens (primary N) is 1. The van der Waals surface area contributed by atoms with Crippen LogP contribution in [0.1, 0.15) is 51.4 Å². The molecule has 2 N–H and O–H groups in total. The van der Waals surface area contributed by atoms with Gasteiger partial charge >= 0.3 is 0 Å². The number of amides is 1. The highest BCUT2D eigenvalue weighted by Crippen LogP contribution is 2.39. The van der Waals surface area contributed by atoms with Crippen molar-refractivity contribution < 1.29 is 4.79 Å². The Morgan fingerprint density at radius 3 is 2.20 bits per heavy atom. The molecule has 2 fully saturated rings. The summed E-state index contributed by atoms with van der Waals surface area (Å²) < 4.78 is 0. The van der Waals surface area contributed by atoms with Crippen LogP contribution in [-0.4, -0.2) is 29.4 Å².